The third-order valence-corrected chi connectivity index (χ3v) is 0. The van der Waals surface area contributed by atoms with Gasteiger partial charge in [0.2, 0.25) is 0 Å². The van der Waals surface area contributed by atoms with E-state index in [2.05, 4.69) is 13.1 Å². The minimum atomic E-state index is 0. The van der Waals surface area contributed by atoms with E-state index in [1.807, 2.05) is 0 Å². The van der Waals surface area contributed by atoms with E-state index in [0.717, 1.165) is 0 Å². The standard InChI is InChI=1S/3Mg.2P/q;;+2;2*-1. The van der Waals surface area contributed by atoms with Gasteiger partial charge >= 0.3 is 77.5 Å². The van der Waals surface area contributed by atoms with Crippen molar-refractivity contribution in [1.82, 2.24) is 0 Å². The average Bonchev–Trinajstić information content (AvgIpc) is 1.50. The van der Waals surface area contributed by atoms with Gasteiger partial charge in [-0.15, -0.1) is 0 Å². The normalized spacial score (nSPS) is 2.40. The fraction of sp³-hybridized carbons (Fsp3) is 0. The van der Waals surface area contributed by atoms with Crippen LogP contribution in [0.4, 0.5) is 0 Å². The molecule has 0 unspecified atom stereocenters. The Hall–Kier alpha value is 2.90. The molecule has 0 aliphatic rings. The molecule has 0 radical (unpaired) electrons. The predicted octanol–water partition coefficient (Wildman–Crippen LogP) is 0.580. The molecule has 16 valence electrons. The summed E-state index contributed by atoms with van der Waals surface area (Å²) in [6, 6.07) is 0. The summed E-state index contributed by atoms with van der Waals surface area (Å²) in [4.78, 5) is 0. The number of rotatable bonds is 0. The Morgan fingerprint density at radius 2 is 0.800 bits per heavy atom. The molecule has 0 nitrogen and oxygen atoms in total. The summed E-state index contributed by atoms with van der Waals surface area (Å²) < 4.78 is 0. The Labute approximate surface area is 76.2 Å². The molecule has 0 N–H and O–H groups in total. The van der Waals surface area contributed by atoms with Gasteiger partial charge in [-0.25, -0.2) is 0 Å². The first-order valence-corrected chi connectivity index (χ1v) is 5.69. The maximum atomic E-state index is 3.56. The molecule has 0 aromatic carbocycles. The van der Waals surface area contributed by atoms with Crippen molar-refractivity contribution < 1.29 is 0 Å². The van der Waals surface area contributed by atoms with Crippen LogP contribution in [0.2, 0.25) is 0 Å². The second kappa shape index (κ2) is 28.6. The van der Waals surface area contributed by atoms with E-state index < -0.39 is 0 Å². The Balaban J connectivity index is -0.0000000133. The van der Waals surface area contributed by atoms with Crippen LogP contribution in [-0.4, -0.2) is 64.4 Å². The van der Waals surface area contributed by atoms with Gasteiger partial charge in [0.1, 0.15) is 0 Å². The first-order chi connectivity index (χ1) is 2.00. The van der Waals surface area contributed by atoms with E-state index >= 15 is 0 Å². The Morgan fingerprint density at radius 3 is 0.800 bits per heavy atom. The van der Waals surface area contributed by atoms with Gasteiger partial charge in [-0.1, -0.05) is 0 Å². The quantitative estimate of drug-likeness (QED) is 0.336. The second-order valence-electron chi connectivity index (χ2n) is 0. The monoisotopic (exact) mass is 134 g/mol. The third kappa shape index (κ3) is 19.7. The summed E-state index contributed by atoms with van der Waals surface area (Å²) >= 11 is 3.11. The van der Waals surface area contributed by atoms with Crippen LogP contribution in [0.5, 0.6) is 0 Å². The zero-order valence-corrected chi connectivity index (χ0v) is 9.05. The van der Waals surface area contributed by atoms with Gasteiger partial charge < -0.3 is 0 Å². The summed E-state index contributed by atoms with van der Waals surface area (Å²) in [5.41, 5.74) is 0. The molecule has 0 aliphatic heterocycles. The summed E-state index contributed by atoms with van der Waals surface area (Å²) in [7, 11) is 0. The molecule has 0 spiro atoms. The van der Waals surface area contributed by atoms with Crippen molar-refractivity contribution in [1.29, 1.82) is 0 Å². The topological polar surface area (TPSA) is 0 Å². The van der Waals surface area contributed by atoms with Crippen molar-refractivity contribution in [2.75, 3.05) is 0 Å². The average molecular weight is 135 g/mol. The number of hydrogen-bond acceptors (Lipinski definition) is 0. The van der Waals surface area contributed by atoms with Gasteiger partial charge in [-0.3, -0.25) is 0 Å². The van der Waals surface area contributed by atoms with Crippen LogP contribution in [0.1, 0.15) is 0 Å². The maximum absolute atomic E-state index is 3.56. The van der Waals surface area contributed by atoms with Crippen molar-refractivity contribution >= 4 is 77.5 Å². The molecule has 0 atom stereocenters. The van der Waals surface area contributed by atoms with Crippen LogP contribution < -0.4 is 0 Å². The molecule has 0 saturated carbocycles. The molecule has 0 bridgehead atoms. The van der Waals surface area contributed by atoms with Gasteiger partial charge in [0, 0.05) is 0 Å². The Morgan fingerprint density at radius 1 is 0.800 bits per heavy atom. The van der Waals surface area contributed by atoms with Gasteiger partial charge in [-0.2, -0.15) is 0 Å². The molecule has 0 aliphatic carbocycles. The summed E-state index contributed by atoms with van der Waals surface area (Å²) in [5, 5.41) is 0. The van der Waals surface area contributed by atoms with Crippen LogP contribution in [-0.2, 0) is 0 Å². The molecule has 0 rings (SSSR count). The van der Waals surface area contributed by atoms with Gasteiger partial charge in [0.05, 0.1) is 0 Å². The summed E-state index contributed by atoms with van der Waals surface area (Å²) in [5.74, 6) is 0. The number of hydrogen-bond donors (Lipinski definition) is 0. The fourth-order valence-electron chi connectivity index (χ4n) is 0. The Bertz CT molecular complexity index is 6.85. The minimum absolute atomic E-state index is 0. The van der Waals surface area contributed by atoms with Crippen molar-refractivity contribution in [2.24, 2.45) is 0 Å². The van der Waals surface area contributed by atoms with E-state index in [1.54, 1.807) is 41.3 Å². The zero-order valence-electron chi connectivity index (χ0n) is 3.02. The summed E-state index contributed by atoms with van der Waals surface area (Å²) in [6.07, 6.45) is 0. The van der Waals surface area contributed by atoms with Crippen molar-refractivity contribution in [3.8, 4) is 0 Å². The predicted molar refractivity (Wildman–Crippen MR) is 31.1 cm³/mol. The molecule has 0 aromatic heterocycles. The van der Waals surface area contributed by atoms with Crippen molar-refractivity contribution in [2.45, 2.75) is 0 Å². The van der Waals surface area contributed by atoms with Gasteiger partial charge in [0.15, 0.2) is 0 Å². The van der Waals surface area contributed by atoms with E-state index in [1.165, 1.54) is 0 Å². The fourth-order valence-corrected chi connectivity index (χ4v) is 0. The second-order valence-corrected chi connectivity index (χ2v) is 0. The van der Waals surface area contributed by atoms with E-state index in [0.29, 0.717) is 0 Å². The molecule has 0 heterocycles. The molecule has 0 amide bonds. The molecular formula is Mg3P2. The molecule has 5 heteroatoms. The van der Waals surface area contributed by atoms with Crippen LogP contribution in [0.25, 0.3) is 0 Å². The molecule has 0 saturated heterocycles. The van der Waals surface area contributed by atoms with Crippen LogP contribution in [0, 0.1) is 0 Å². The first kappa shape index (κ1) is 15.7. The first-order valence-electron chi connectivity index (χ1n) is 0.632. The van der Waals surface area contributed by atoms with E-state index in [9.17, 15) is 0 Å². The van der Waals surface area contributed by atoms with Crippen molar-refractivity contribution in [3.05, 3.63) is 0 Å². The third-order valence-electron chi connectivity index (χ3n) is 0. The van der Waals surface area contributed by atoms with Crippen molar-refractivity contribution in [3.63, 3.8) is 0 Å². The molecule has 0 fully saturated rings. The van der Waals surface area contributed by atoms with Gasteiger partial charge in [-0.05, 0) is 0 Å². The van der Waals surface area contributed by atoms with E-state index in [-0.39, 0.29) is 23.1 Å². The zero-order chi connectivity index (χ0) is 4.00. The van der Waals surface area contributed by atoms with E-state index in [4.69, 9.17) is 0 Å². The SMILES string of the molecule is [Mg+2].[Mg]=[P-].[Mg]=[P-]. The molecule has 5 heavy (non-hydrogen) atoms. The summed E-state index contributed by atoms with van der Waals surface area (Å²) in [6.45, 7) is 7.11. The van der Waals surface area contributed by atoms with Crippen LogP contribution >= 0.6 is 13.1 Å². The molecular weight excluding hydrogens is 135 g/mol. The molecule has 0 aromatic rings. The van der Waals surface area contributed by atoms with Crippen LogP contribution in [0.3, 0.4) is 0 Å². The van der Waals surface area contributed by atoms with Crippen LogP contribution in [0.15, 0.2) is 0 Å². The Kier molecular flexibility index (Phi) is 89.5. The van der Waals surface area contributed by atoms with Gasteiger partial charge in [0.25, 0.3) is 0 Å².